The molecular formula is C22H26ClFN2O3. The highest BCUT2D eigenvalue weighted by Gasteiger charge is 2.42. The van der Waals surface area contributed by atoms with E-state index < -0.39 is 11.7 Å². The van der Waals surface area contributed by atoms with Crippen LogP contribution in [0.1, 0.15) is 17.5 Å². The second kappa shape index (κ2) is 9.67. The topological polar surface area (TPSA) is 72.8 Å². The molecule has 1 heterocycles. The van der Waals surface area contributed by atoms with Gasteiger partial charge in [0.25, 0.3) is 0 Å². The summed E-state index contributed by atoms with van der Waals surface area (Å²) in [5.74, 6) is -0.379. The number of benzene rings is 2. The Bertz CT molecular complexity index is 833. The molecule has 0 spiro atoms. The maximum atomic E-state index is 13.2. The number of hydrogen-bond acceptors (Lipinski definition) is 4. The first-order chi connectivity index (χ1) is 13.9. The summed E-state index contributed by atoms with van der Waals surface area (Å²) < 4.78 is 13.2. The Hall–Kier alpha value is -1.99. The number of carbonyl (C=O) groups excluding carboxylic acids is 1. The molecule has 0 aromatic heterocycles. The Kier molecular flexibility index (Phi) is 7.24. The van der Waals surface area contributed by atoms with Crippen LogP contribution in [0.25, 0.3) is 0 Å². The first kappa shape index (κ1) is 21.7. The van der Waals surface area contributed by atoms with Gasteiger partial charge < -0.3 is 20.4 Å². The minimum Gasteiger partial charge on any atom is -0.390 e. The van der Waals surface area contributed by atoms with Crippen molar-refractivity contribution in [1.82, 2.24) is 10.2 Å². The average Bonchev–Trinajstić information content (AvgIpc) is 2.69. The van der Waals surface area contributed by atoms with Crippen LogP contribution < -0.4 is 5.32 Å². The molecule has 156 valence electrons. The van der Waals surface area contributed by atoms with Crippen molar-refractivity contribution in [3.63, 3.8) is 0 Å². The largest absolute Gasteiger partial charge is 0.390 e. The lowest BCUT2D eigenvalue weighted by molar-refractivity contribution is -0.150. The molecule has 0 bridgehead atoms. The number of β-amino-alcohol motifs (C(OH)–C–C–N with tert-alkyl or cyclic N) is 1. The van der Waals surface area contributed by atoms with Crippen molar-refractivity contribution in [3.05, 3.63) is 70.5 Å². The highest BCUT2D eigenvalue weighted by Crippen LogP contribution is 2.22. The first-order valence-corrected chi connectivity index (χ1v) is 10.1. The normalized spacial score (nSPS) is 21.9. The molecule has 2 aromatic carbocycles. The number of nitrogens with one attached hydrogen (secondary N) is 1. The molecule has 0 aliphatic carbocycles. The molecular weight excluding hydrogens is 395 g/mol. The lowest BCUT2D eigenvalue weighted by Gasteiger charge is -2.43. The SMILES string of the molecule is O=C(Cc1ccc(Cl)cc1)N1CC[C@H](O)[C@@](O)(CNCCc2cccc(F)c2)C1. The van der Waals surface area contributed by atoms with Gasteiger partial charge in [-0.05, 0) is 54.8 Å². The number of aliphatic hydroxyl groups is 2. The van der Waals surface area contributed by atoms with Gasteiger partial charge >= 0.3 is 0 Å². The number of rotatable bonds is 7. The van der Waals surface area contributed by atoms with Crippen molar-refractivity contribution >= 4 is 17.5 Å². The van der Waals surface area contributed by atoms with Crippen LogP contribution in [0, 0.1) is 5.82 Å². The van der Waals surface area contributed by atoms with E-state index in [-0.39, 0.29) is 31.2 Å². The summed E-state index contributed by atoms with van der Waals surface area (Å²) in [6.07, 6.45) is 0.220. The van der Waals surface area contributed by atoms with E-state index in [1.54, 1.807) is 35.2 Å². The predicted molar refractivity (Wildman–Crippen MR) is 110 cm³/mol. The van der Waals surface area contributed by atoms with E-state index in [2.05, 4.69) is 5.32 Å². The number of halogens is 2. The molecule has 1 fully saturated rings. The van der Waals surface area contributed by atoms with Gasteiger partial charge in [-0.25, -0.2) is 4.39 Å². The Morgan fingerprint density at radius 1 is 1.24 bits per heavy atom. The Morgan fingerprint density at radius 2 is 2.00 bits per heavy atom. The van der Waals surface area contributed by atoms with Gasteiger partial charge in [0.05, 0.1) is 19.1 Å². The van der Waals surface area contributed by atoms with Gasteiger partial charge in [-0.15, -0.1) is 0 Å². The summed E-state index contributed by atoms with van der Waals surface area (Å²) in [6, 6.07) is 13.5. The third-order valence-electron chi connectivity index (χ3n) is 5.29. The molecule has 0 saturated carbocycles. The number of nitrogens with zero attached hydrogens (tertiary/aromatic N) is 1. The van der Waals surface area contributed by atoms with Gasteiger partial charge in [-0.3, -0.25) is 4.79 Å². The molecule has 7 heteroatoms. The molecule has 0 radical (unpaired) electrons. The van der Waals surface area contributed by atoms with Crippen LogP contribution in [0.15, 0.2) is 48.5 Å². The fourth-order valence-corrected chi connectivity index (χ4v) is 3.69. The average molecular weight is 421 g/mol. The number of likely N-dealkylation sites (tertiary alicyclic amines) is 1. The lowest BCUT2D eigenvalue weighted by Crippen LogP contribution is -2.62. The van der Waals surface area contributed by atoms with Crippen molar-refractivity contribution in [2.45, 2.75) is 31.0 Å². The van der Waals surface area contributed by atoms with Gasteiger partial charge in [-0.1, -0.05) is 35.9 Å². The Morgan fingerprint density at radius 3 is 2.72 bits per heavy atom. The van der Waals surface area contributed by atoms with Crippen LogP contribution in [-0.4, -0.2) is 58.9 Å². The maximum Gasteiger partial charge on any atom is 0.227 e. The summed E-state index contributed by atoms with van der Waals surface area (Å²) in [4.78, 5) is 14.2. The van der Waals surface area contributed by atoms with Gasteiger partial charge in [-0.2, -0.15) is 0 Å². The van der Waals surface area contributed by atoms with Crippen molar-refractivity contribution in [1.29, 1.82) is 0 Å². The van der Waals surface area contributed by atoms with Crippen LogP contribution in [0.4, 0.5) is 4.39 Å². The summed E-state index contributed by atoms with van der Waals surface area (Å²) in [5.41, 5.74) is 0.284. The molecule has 0 unspecified atom stereocenters. The molecule has 1 saturated heterocycles. The second-order valence-electron chi connectivity index (χ2n) is 7.58. The van der Waals surface area contributed by atoms with Crippen LogP contribution in [-0.2, 0) is 17.6 Å². The van der Waals surface area contributed by atoms with Gasteiger partial charge in [0.15, 0.2) is 0 Å². The van der Waals surface area contributed by atoms with Crippen molar-refractivity contribution in [3.8, 4) is 0 Å². The molecule has 2 aromatic rings. The third-order valence-corrected chi connectivity index (χ3v) is 5.54. The van der Waals surface area contributed by atoms with E-state index in [9.17, 15) is 19.4 Å². The van der Waals surface area contributed by atoms with E-state index in [1.165, 1.54) is 12.1 Å². The van der Waals surface area contributed by atoms with Crippen LogP contribution >= 0.6 is 11.6 Å². The molecule has 1 amide bonds. The van der Waals surface area contributed by atoms with E-state index in [1.807, 2.05) is 6.07 Å². The van der Waals surface area contributed by atoms with E-state index in [4.69, 9.17) is 11.6 Å². The quantitative estimate of drug-likeness (QED) is 0.600. The molecule has 3 N–H and O–H groups in total. The number of carbonyl (C=O) groups is 1. The van der Waals surface area contributed by atoms with E-state index >= 15 is 0 Å². The van der Waals surface area contributed by atoms with Crippen molar-refractivity contribution in [2.24, 2.45) is 0 Å². The zero-order valence-corrected chi connectivity index (χ0v) is 16.9. The van der Waals surface area contributed by atoms with E-state index in [0.717, 1.165) is 11.1 Å². The summed E-state index contributed by atoms with van der Waals surface area (Å²) in [6.45, 7) is 1.14. The van der Waals surface area contributed by atoms with E-state index in [0.29, 0.717) is 31.0 Å². The molecule has 1 aliphatic heterocycles. The summed E-state index contributed by atoms with van der Waals surface area (Å²) >= 11 is 5.88. The van der Waals surface area contributed by atoms with Crippen molar-refractivity contribution in [2.75, 3.05) is 26.2 Å². The standard InChI is InChI=1S/C22H26ClFN2O3/c23-18-6-4-17(5-7-18)13-21(28)26-11-9-20(27)22(29,15-26)14-25-10-8-16-2-1-3-19(24)12-16/h1-7,12,20,25,27,29H,8-11,13-15H2/t20-,22+/m0/s1. The number of piperidine rings is 1. The smallest absolute Gasteiger partial charge is 0.227 e. The van der Waals surface area contributed by atoms with Gasteiger partial charge in [0.1, 0.15) is 11.4 Å². The molecule has 3 rings (SSSR count). The third kappa shape index (κ3) is 6.00. The highest BCUT2D eigenvalue weighted by molar-refractivity contribution is 6.30. The molecule has 29 heavy (non-hydrogen) atoms. The van der Waals surface area contributed by atoms with Gasteiger partial charge in [0.2, 0.25) is 5.91 Å². The fourth-order valence-electron chi connectivity index (χ4n) is 3.57. The molecule has 2 atom stereocenters. The predicted octanol–water partition coefficient (Wildman–Crippen LogP) is 2.18. The zero-order valence-electron chi connectivity index (χ0n) is 16.2. The first-order valence-electron chi connectivity index (χ1n) is 9.73. The number of amides is 1. The molecule has 1 aliphatic rings. The van der Waals surface area contributed by atoms with Gasteiger partial charge in [0, 0.05) is 18.1 Å². The second-order valence-corrected chi connectivity index (χ2v) is 8.02. The maximum absolute atomic E-state index is 13.2. The van der Waals surface area contributed by atoms with Crippen molar-refractivity contribution < 1.29 is 19.4 Å². The minimum atomic E-state index is -1.42. The van der Waals surface area contributed by atoms with Crippen LogP contribution in [0.2, 0.25) is 5.02 Å². The Balaban J connectivity index is 1.52. The Labute approximate surface area is 175 Å². The summed E-state index contributed by atoms with van der Waals surface area (Å²) in [5, 5.41) is 25.0. The lowest BCUT2D eigenvalue weighted by atomic mass is 9.89. The monoisotopic (exact) mass is 420 g/mol. The number of hydrogen-bond donors (Lipinski definition) is 3. The van der Waals surface area contributed by atoms with Crippen LogP contribution in [0.3, 0.4) is 0 Å². The van der Waals surface area contributed by atoms with Crippen LogP contribution in [0.5, 0.6) is 0 Å². The zero-order chi connectivity index (χ0) is 20.9. The molecule has 5 nitrogen and oxygen atoms in total. The minimum absolute atomic E-state index is 0.0631. The highest BCUT2D eigenvalue weighted by atomic mass is 35.5. The summed E-state index contributed by atoms with van der Waals surface area (Å²) in [7, 11) is 0. The fraction of sp³-hybridized carbons (Fsp3) is 0.409. The number of aliphatic hydroxyl groups excluding tert-OH is 1.